The van der Waals surface area contributed by atoms with Gasteiger partial charge in [0, 0.05) is 5.56 Å². The van der Waals surface area contributed by atoms with E-state index < -0.39 is 29.7 Å². The van der Waals surface area contributed by atoms with Gasteiger partial charge in [0.1, 0.15) is 6.54 Å². The Hall–Kier alpha value is -3.48. The number of benzene rings is 2. The molecule has 3 aromatic rings. The highest BCUT2D eigenvalue weighted by atomic mass is 16.5. The molecule has 0 spiro atoms. The van der Waals surface area contributed by atoms with Crippen LogP contribution in [0.1, 0.15) is 34.0 Å². The molecule has 0 fully saturated rings. The molecule has 0 amide bonds. The third-order valence-corrected chi connectivity index (χ3v) is 4.95. The molecule has 1 atom stereocenters. The molecule has 0 aliphatic heterocycles. The van der Waals surface area contributed by atoms with Crippen LogP contribution in [-0.4, -0.2) is 27.6 Å². The van der Waals surface area contributed by atoms with Crippen LogP contribution >= 0.6 is 0 Å². The number of ether oxygens (including phenoxy) is 1. The Balaban J connectivity index is 1.79. The number of fused-ring (bicyclic) bond motifs is 1. The minimum Gasteiger partial charge on any atom is -0.453 e. The van der Waals surface area contributed by atoms with Crippen molar-refractivity contribution in [3.8, 4) is 0 Å². The second kappa shape index (κ2) is 7.87. The van der Waals surface area contributed by atoms with Gasteiger partial charge in [-0.05, 0) is 62.6 Å². The van der Waals surface area contributed by atoms with Crippen molar-refractivity contribution in [3.63, 3.8) is 0 Å². The summed E-state index contributed by atoms with van der Waals surface area (Å²) >= 11 is 0. The molecule has 0 saturated carbocycles. The molecule has 1 heterocycles. The van der Waals surface area contributed by atoms with Crippen molar-refractivity contribution in [2.75, 3.05) is 0 Å². The number of nitrogens with one attached hydrogen (secondary N) is 1. The van der Waals surface area contributed by atoms with E-state index in [1.807, 2.05) is 26.8 Å². The van der Waals surface area contributed by atoms with E-state index in [2.05, 4.69) is 5.10 Å². The topological polar surface area (TPSA) is 98.2 Å². The van der Waals surface area contributed by atoms with Gasteiger partial charge < -0.3 is 4.74 Å². The second-order valence-electron chi connectivity index (χ2n) is 7.13. The van der Waals surface area contributed by atoms with E-state index in [9.17, 15) is 19.2 Å². The predicted molar refractivity (Wildman–Crippen MR) is 109 cm³/mol. The van der Waals surface area contributed by atoms with Gasteiger partial charge in [0.2, 0.25) is 5.78 Å². The Morgan fingerprint density at radius 1 is 1.00 bits per heavy atom. The number of Topliss-reactive ketones (excluding diaryl/α,β-unsaturated/α-hetero) is 1. The number of carbonyl (C=O) groups is 2. The van der Waals surface area contributed by atoms with Gasteiger partial charge in [-0.25, -0.2) is 4.68 Å². The number of rotatable bonds is 5. The highest BCUT2D eigenvalue weighted by molar-refractivity contribution is 6.01. The number of hydrogen-bond acceptors (Lipinski definition) is 5. The molecule has 0 bridgehead atoms. The van der Waals surface area contributed by atoms with Gasteiger partial charge in [-0.15, -0.1) is 0 Å². The number of aromatic nitrogens is 2. The summed E-state index contributed by atoms with van der Waals surface area (Å²) in [6.07, 6.45) is -1.02. The third-order valence-electron chi connectivity index (χ3n) is 4.95. The normalized spacial score (nSPS) is 12.0. The smallest absolute Gasteiger partial charge is 0.328 e. The van der Waals surface area contributed by atoms with Crippen molar-refractivity contribution >= 4 is 22.5 Å². The van der Waals surface area contributed by atoms with E-state index in [1.54, 1.807) is 18.2 Å². The summed E-state index contributed by atoms with van der Waals surface area (Å²) in [6, 6.07) is 10.0. The van der Waals surface area contributed by atoms with Gasteiger partial charge in [0.05, 0.1) is 10.8 Å². The van der Waals surface area contributed by atoms with Crippen molar-refractivity contribution in [2.45, 2.75) is 40.3 Å². The van der Waals surface area contributed by atoms with Crippen molar-refractivity contribution in [3.05, 3.63) is 79.4 Å². The Morgan fingerprint density at radius 3 is 2.31 bits per heavy atom. The zero-order chi connectivity index (χ0) is 21.3. The Bertz CT molecular complexity index is 1240. The zero-order valence-electron chi connectivity index (χ0n) is 16.7. The lowest BCUT2D eigenvalue weighted by atomic mass is 9.96. The predicted octanol–water partition coefficient (Wildman–Crippen LogP) is 2.43. The van der Waals surface area contributed by atoms with Crippen molar-refractivity contribution in [1.82, 2.24) is 9.78 Å². The van der Waals surface area contributed by atoms with Crippen molar-refractivity contribution in [1.29, 1.82) is 0 Å². The fraction of sp³-hybridized carbons (Fsp3) is 0.273. The maximum atomic E-state index is 12.7. The molecule has 0 aliphatic carbocycles. The molecule has 29 heavy (non-hydrogen) atoms. The van der Waals surface area contributed by atoms with E-state index >= 15 is 0 Å². The highest BCUT2D eigenvalue weighted by Gasteiger charge is 2.22. The van der Waals surface area contributed by atoms with Crippen molar-refractivity contribution in [2.24, 2.45) is 0 Å². The monoisotopic (exact) mass is 394 g/mol. The molecule has 0 aliphatic rings. The maximum Gasteiger partial charge on any atom is 0.328 e. The number of aromatic amines is 1. The molecule has 7 nitrogen and oxygen atoms in total. The van der Waals surface area contributed by atoms with E-state index in [4.69, 9.17) is 4.74 Å². The highest BCUT2D eigenvalue weighted by Crippen LogP contribution is 2.18. The number of hydrogen-bond donors (Lipinski definition) is 1. The lowest BCUT2D eigenvalue weighted by Crippen LogP contribution is -2.34. The van der Waals surface area contributed by atoms with Crippen LogP contribution in [0, 0.1) is 20.8 Å². The SMILES string of the molecule is Cc1cc(C)c(C(=O)[C@@H](C)OC(=O)Cn2[nH]c(=O)c3ccccc3c2=O)cc1C. The van der Waals surface area contributed by atoms with Gasteiger partial charge in [0.15, 0.2) is 6.10 Å². The molecular weight excluding hydrogens is 372 g/mol. The van der Waals surface area contributed by atoms with Crippen LogP contribution in [0.15, 0.2) is 46.0 Å². The van der Waals surface area contributed by atoms with Crippen LogP contribution < -0.4 is 11.1 Å². The van der Waals surface area contributed by atoms with Gasteiger partial charge >= 0.3 is 5.97 Å². The van der Waals surface area contributed by atoms with Crippen LogP contribution in [0.2, 0.25) is 0 Å². The molecule has 0 unspecified atom stereocenters. The molecule has 7 heteroatoms. The summed E-state index contributed by atoms with van der Waals surface area (Å²) in [5, 5.41) is 2.82. The number of carbonyl (C=O) groups excluding carboxylic acids is 2. The lowest BCUT2D eigenvalue weighted by Gasteiger charge is -2.15. The minimum atomic E-state index is -1.02. The molecular formula is C22H22N2O5. The van der Waals surface area contributed by atoms with E-state index in [0.29, 0.717) is 5.56 Å². The quantitative estimate of drug-likeness (QED) is 0.529. The average molecular weight is 394 g/mol. The fourth-order valence-electron chi connectivity index (χ4n) is 3.22. The van der Waals surface area contributed by atoms with E-state index in [-0.39, 0.29) is 16.6 Å². The Kier molecular flexibility index (Phi) is 5.50. The maximum absolute atomic E-state index is 12.7. The van der Waals surface area contributed by atoms with E-state index in [1.165, 1.54) is 19.1 Å². The number of nitrogens with zero attached hydrogens (tertiary/aromatic N) is 1. The summed E-state index contributed by atoms with van der Waals surface area (Å²) < 4.78 is 6.13. The molecule has 3 rings (SSSR count). The molecule has 0 radical (unpaired) electrons. The van der Waals surface area contributed by atoms with Gasteiger partial charge in [-0.3, -0.25) is 24.3 Å². The summed E-state index contributed by atoms with van der Waals surface area (Å²) in [7, 11) is 0. The van der Waals surface area contributed by atoms with Crippen molar-refractivity contribution < 1.29 is 14.3 Å². The summed E-state index contributed by atoms with van der Waals surface area (Å²) in [5.41, 5.74) is 2.34. The summed E-state index contributed by atoms with van der Waals surface area (Å²) in [6.45, 7) is 6.68. The van der Waals surface area contributed by atoms with Gasteiger partial charge in [-0.2, -0.15) is 0 Å². The van der Waals surface area contributed by atoms with Gasteiger partial charge in [0.25, 0.3) is 11.1 Å². The summed E-state index contributed by atoms with van der Waals surface area (Å²) in [4.78, 5) is 49.6. The standard InChI is InChI=1S/C22H22N2O5/c1-12-9-14(3)18(10-13(12)2)20(26)15(4)29-19(25)11-24-22(28)17-8-6-5-7-16(17)21(27)23-24/h5-10,15H,11H2,1-4H3,(H,23,27)/t15-/m1/s1. The van der Waals surface area contributed by atoms with Gasteiger partial charge in [-0.1, -0.05) is 18.2 Å². The molecule has 2 aromatic carbocycles. The Labute approximate surface area is 166 Å². The van der Waals surface area contributed by atoms with E-state index in [0.717, 1.165) is 21.4 Å². The third kappa shape index (κ3) is 4.03. The first-order valence-electron chi connectivity index (χ1n) is 9.22. The first-order chi connectivity index (χ1) is 13.7. The van der Waals surface area contributed by atoms with Crippen LogP contribution in [0.4, 0.5) is 0 Å². The first kappa shape index (κ1) is 20.3. The lowest BCUT2D eigenvalue weighted by molar-refractivity contribution is -0.147. The van der Waals surface area contributed by atoms with Crippen LogP contribution in [0.5, 0.6) is 0 Å². The summed E-state index contributed by atoms with van der Waals surface area (Å²) in [5.74, 6) is -1.11. The average Bonchev–Trinajstić information content (AvgIpc) is 2.68. The van der Waals surface area contributed by atoms with Crippen LogP contribution in [0.3, 0.4) is 0 Å². The molecule has 1 N–H and O–H groups in total. The Morgan fingerprint density at radius 2 is 1.62 bits per heavy atom. The number of aryl methyl sites for hydroxylation is 3. The first-order valence-corrected chi connectivity index (χ1v) is 9.22. The second-order valence-corrected chi connectivity index (χ2v) is 7.13. The largest absolute Gasteiger partial charge is 0.453 e. The number of H-pyrrole nitrogens is 1. The molecule has 150 valence electrons. The molecule has 0 saturated heterocycles. The number of esters is 1. The number of ketones is 1. The fourth-order valence-corrected chi connectivity index (χ4v) is 3.22. The minimum absolute atomic E-state index is 0.207. The van der Waals surface area contributed by atoms with Crippen LogP contribution in [-0.2, 0) is 16.1 Å². The zero-order valence-corrected chi connectivity index (χ0v) is 16.7. The van der Waals surface area contributed by atoms with Crippen LogP contribution in [0.25, 0.3) is 10.8 Å². The molecule has 1 aromatic heterocycles.